The Morgan fingerprint density at radius 1 is 1.25 bits per heavy atom. The molecule has 1 saturated heterocycles. The number of carboxylic acids is 1. The smallest absolute Gasteiger partial charge is 0.341 e. The molecular formula is C22H19ClF2N4O3. The Balaban J connectivity index is 1.75. The van der Waals surface area contributed by atoms with Crippen LogP contribution in [0.3, 0.4) is 0 Å². The molecule has 0 aliphatic carbocycles. The summed E-state index contributed by atoms with van der Waals surface area (Å²) in [6.07, 6.45) is 4.64. The molecule has 0 spiro atoms. The van der Waals surface area contributed by atoms with Crippen LogP contribution in [0.4, 0.5) is 8.78 Å². The number of aromatic nitrogens is 3. The van der Waals surface area contributed by atoms with Crippen molar-refractivity contribution in [3.8, 4) is 22.4 Å². The van der Waals surface area contributed by atoms with Crippen molar-refractivity contribution < 1.29 is 18.7 Å². The van der Waals surface area contributed by atoms with Gasteiger partial charge < -0.3 is 5.11 Å². The van der Waals surface area contributed by atoms with Gasteiger partial charge in [0.2, 0.25) is 0 Å². The average molecular weight is 461 g/mol. The van der Waals surface area contributed by atoms with Crippen molar-refractivity contribution in [3.05, 3.63) is 64.2 Å². The molecule has 0 amide bonds. The number of alkyl halides is 3. The standard InChI is InChI=1S/C22H19ClF2N4O3/c1-22(2)7-16(23)19-14-5-11(12-8-26-27(9-12)21(24)25)3-4-13(14)17-6-18(30)15(20(31)32)10-28(17)29(19)22/h3-6,8-10,16,19,21H,7H2,1-2H3,(H,31,32). The molecule has 2 unspecified atom stereocenters. The van der Waals surface area contributed by atoms with Crippen molar-refractivity contribution in [1.82, 2.24) is 14.5 Å². The lowest BCUT2D eigenvalue weighted by Gasteiger charge is -2.44. The number of hydrogen-bond acceptors (Lipinski definition) is 4. The van der Waals surface area contributed by atoms with Gasteiger partial charge in [0.25, 0.3) is 0 Å². The Kier molecular flexibility index (Phi) is 4.46. The van der Waals surface area contributed by atoms with E-state index in [1.54, 1.807) is 10.7 Å². The van der Waals surface area contributed by atoms with E-state index in [9.17, 15) is 23.5 Å². The average Bonchev–Trinajstić information content (AvgIpc) is 3.30. The highest BCUT2D eigenvalue weighted by Crippen LogP contribution is 2.50. The number of carboxylic acid groups (broad SMARTS) is 1. The van der Waals surface area contributed by atoms with Gasteiger partial charge in [0.15, 0.2) is 5.43 Å². The fourth-order valence-electron chi connectivity index (χ4n) is 4.84. The van der Waals surface area contributed by atoms with Crippen molar-refractivity contribution >= 4 is 17.6 Å². The van der Waals surface area contributed by atoms with Crippen LogP contribution in [0.2, 0.25) is 0 Å². The molecule has 1 fully saturated rings. The van der Waals surface area contributed by atoms with Crippen LogP contribution in [0.1, 0.15) is 48.8 Å². The predicted octanol–water partition coefficient (Wildman–Crippen LogP) is 4.25. The van der Waals surface area contributed by atoms with Gasteiger partial charge in [0, 0.05) is 29.6 Å². The zero-order valence-corrected chi connectivity index (χ0v) is 17.9. The van der Waals surface area contributed by atoms with Crippen molar-refractivity contribution in [2.75, 3.05) is 5.01 Å². The van der Waals surface area contributed by atoms with Crippen LogP contribution in [-0.4, -0.2) is 36.4 Å². The maximum absolute atomic E-state index is 13.0. The molecule has 2 aliphatic rings. The molecule has 1 aromatic carbocycles. The highest BCUT2D eigenvalue weighted by atomic mass is 35.5. The highest BCUT2D eigenvalue weighted by Gasteiger charge is 2.50. The summed E-state index contributed by atoms with van der Waals surface area (Å²) in [7, 11) is 0. The second kappa shape index (κ2) is 6.90. The minimum absolute atomic E-state index is 0.288. The largest absolute Gasteiger partial charge is 0.477 e. The number of benzene rings is 1. The third kappa shape index (κ3) is 2.95. The molecule has 3 aromatic rings. The topological polar surface area (TPSA) is 80.4 Å². The second-order valence-electron chi connectivity index (χ2n) is 8.70. The van der Waals surface area contributed by atoms with Gasteiger partial charge in [-0.15, -0.1) is 11.6 Å². The molecule has 7 nitrogen and oxygen atoms in total. The molecule has 32 heavy (non-hydrogen) atoms. The predicted molar refractivity (Wildman–Crippen MR) is 115 cm³/mol. The molecule has 4 heterocycles. The molecular weight excluding hydrogens is 442 g/mol. The summed E-state index contributed by atoms with van der Waals surface area (Å²) in [4.78, 5) is 24.1. The quantitative estimate of drug-likeness (QED) is 0.591. The summed E-state index contributed by atoms with van der Waals surface area (Å²) in [6, 6.07) is 6.48. The molecule has 1 N–H and O–H groups in total. The Hall–Kier alpha value is -3.20. The molecule has 10 heteroatoms. The van der Waals surface area contributed by atoms with Crippen LogP contribution in [0, 0.1) is 0 Å². The fraction of sp³-hybridized carbons (Fsp3) is 0.318. The number of fused-ring (bicyclic) bond motifs is 6. The van der Waals surface area contributed by atoms with Gasteiger partial charge >= 0.3 is 12.5 Å². The number of rotatable bonds is 3. The van der Waals surface area contributed by atoms with Crippen molar-refractivity contribution in [1.29, 1.82) is 0 Å². The zero-order chi connectivity index (χ0) is 22.9. The molecule has 0 saturated carbocycles. The molecule has 166 valence electrons. The van der Waals surface area contributed by atoms with Crippen molar-refractivity contribution in [2.24, 2.45) is 0 Å². The van der Waals surface area contributed by atoms with Gasteiger partial charge in [0.1, 0.15) is 5.56 Å². The van der Waals surface area contributed by atoms with E-state index in [0.717, 1.165) is 11.1 Å². The van der Waals surface area contributed by atoms with Crippen LogP contribution in [0.25, 0.3) is 22.4 Å². The first-order valence-corrected chi connectivity index (χ1v) is 10.4. The number of pyridine rings is 1. The fourth-order valence-corrected chi connectivity index (χ4v) is 5.46. The number of carbonyl (C=O) groups is 1. The Morgan fingerprint density at radius 2 is 2.00 bits per heavy atom. The maximum atomic E-state index is 13.0. The van der Waals surface area contributed by atoms with Gasteiger partial charge in [-0.1, -0.05) is 12.1 Å². The van der Waals surface area contributed by atoms with Gasteiger partial charge in [0.05, 0.1) is 28.8 Å². The minimum atomic E-state index is -2.73. The van der Waals surface area contributed by atoms with E-state index >= 15 is 0 Å². The molecule has 0 radical (unpaired) electrons. The van der Waals surface area contributed by atoms with Crippen LogP contribution in [0.5, 0.6) is 0 Å². The van der Waals surface area contributed by atoms with E-state index in [1.807, 2.05) is 31.0 Å². The highest BCUT2D eigenvalue weighted by molar-refractivity contribution is 6.21. The molecule has 5 rings (SSSR count). The normalized spacial score (nSPS) is 20.8. The summed E-state index contributed by atoms with van der Waals surface area (Å²) in [6.45, 7) is 1.28. The third-order valence-corrected chi connectivity index (χ3v) is 6.59. The molecule has 2 aromatic heterocycles. The summed E-state index contributed by atoms with van der Waals surface area (Å²) >= 11 is 6.79. The van der Waals surface area contributed by atoms with Crippen LogP contribution in [-0.2, 0) is 0 Å². The number of halogens is 3. The lowest BCUT2D eigenvalue weighted by atomic mass is 9.91. The summed E-state index contributed by atoms with van der Waals surface area (Å²) in [5.41, 5.74) is 2.05. The molecule has 0 bridgehead atoms. The maximum Gasteiger partial charge on any atom is 0.341 e. The van der Waals surface area contributed by atoms with E-state index in [1.165, 1.54) is 24.7 Å². The van der Waals surface area contributed by atoms with Crippen LogP contribution in [0.15, 0.2) is 47.7 Å². The van der Waals surface area contributed by atoms with Gasteiger partial charge in [-0.3, -0.25) is 14.5 Å². The molecule has 2 atom stereocenters. The Bertz CT molecular complexity index is 1320. The summed E-state index contributed by atoms with van der Waals surface area (Å²) < 4.78 is 28.3. The van der Waals surface area contributed by atoms with E-state index in [2.05, 4.69) is 5.10 Å². The minimum Gasteiger partial charge on any atom is -0.477 e. The van der Waals surface area contributed by atoms with Crippen LogP contribution >= 0.6 is 11.6 Å². The number of aromatic carboxylic acids is 1. The summed E-state index contributed by atoms with van der Waals surface area (Å²) in [5.74, 6) is -1.29. The lowest BCUT2D eigenvalue weighted by Crippen LogP contribution is -2.50. The first-order chi connectivity index (χ1) is 15.1. The Morgan fingerprint density at radius 3 is 2.66 bits per heavy atom. The Labute approximate surface area is 186 Å². The van der Waals surface area contributed by atoms with Gasteiger partial charge in [-0.05, 0) is 37.5 Å². The third-order valence-electron chi connectivity index (χ3n) is 6.20. The SMILES string of the molecule is CC1(C)CC(Cl)C2c3cc(-c4cnn(C(F)F)c4)ccc3-c3cc(=O)c(C(=O)O)cn3N21. The van der Waals surface area contributed by atoms with Crippen molar-refractivity contribution in [2.45, 2.75) is 43.8 Å². The van der Waals surface area contributed by atoms with E-state index in [-0.39, 0.29) is 17.0 Å². The van der Waals surface area contributed by atoms with E-state index in [0.29, 0.717) is 27.9 Å². The van der Waals surface area contributed by atoms with E-state index < -0.39 is 23.5 Å². The summed E-state index contributed by atoms with van der Waals surface area (Å²) in [5, 5.41) is 14.9. The van der Waals surface area contributed by atoms with Gasteiger partial charge in [-0.25, -0.2) is 9.48 Å². The second-order valence-corrected chi connectivity index (χ2v) is 9.26. The van der Waals surface area contributed by atoms with E-state index in [4.69, 9.17) is 11.6 Å². The van der Waals surface area contributed by atoms with Gasteiger partial charge in [-0.2, -0.15) is 13.9 Å². The first kappa shape index (κ1) is 20.7. The monoisotopic (exact) mass is 460 g/mol. The zero-order valence-electron chi connectivity index (χ0n) is 17.2. The number of nitrogens with zero attached hydrogens (tertiary/aromatic N) is 4. The van der Waals surface area contributed by atoms with Crippen LogP contribution < -0.4 is 10.4 Å². The first-order valence-electron chi connectivity index (χ1n) is 9.99. The van der Waals surface area contributed by atoms with Crippen molar-refractivity contribution in [3.63, 3.8) is 0 Å². The number of hydrogen-bond donors (Lipinski definition) is 1. The lowest BCUT2D eigenvalue weighted by molar-refractivity contribution is 0.0566. The molecule has 2 aliphatic heterocycles.